The van der Waals surface area contributed by atoms with Crippen LogP contribution in [0.15, 0.2) is 24.3 Å². The van der Waals surface area contributed by atoms with Crippen LogP contribution in [0.3, 0.4) is 0 Å². The molecule has 0 bridgehead atoms. The molecule has 0 radical (unpaired) electrons. The van der Waals surface area contributed by atoms with Crippen LogP contribution in [0.2, 0.25) is 0 Å². The maximum Gasteiger partial charge on any atom is 0.323 e. The molecule has 3 heteroatoms. The molecule has 18 heavy (non-hydrogen) atoms. The Bertz CT molecular complexity index is 405. The van der Waals surface area contributed by atoms with Crippen LogP contribution >= 0.6 is 0 Å². The van der Waals surface area contributed by atoms with Crippen LogP contribution in [0.25, 0.3) is 0 Å². The summed E-state index contributed by atoms with van der Waals surface area (Å²) in [6, 6.07) is 8.23. The Hall–Kier alpha value is -1.35. The number of nitrogens with one attached hydrogen (secondary N) is 1. The Labute approximate surface area is 108 Å². The fourth-order valence-corrected chi connectivity index (χ4v) is 2.60. The molecule has 0 atom stereocenters. The third-order valence-electron chi connectivity index (χ3n) is 3.87. The molecule has 1 saturated carbocycles. The van der Waals surface area contributed by atoms with Crippen LogP contribution in [0, 0.1) is 6.92 Å². The molecule has 0 aliphatic heterocycles. The molecular weight excluding hydrogens is 226 g/mol. The van der Waals surface area contributed by atoms with Crippen LogP contribution in [0.4, 0.5) is 0 Å². The summed E-state index contributed by atoms with van der Waals surface area (Å²) in [7, 11) is 0. The quantitative estimate of drug-likeness (QED) is 0.860. The van der Waals surface area contributed by atoms with E-state index in [-0.39, 0.29) is 0 Å². The third kappa shape index (κ3) is 2.91. The number of hydrogen-bond acceptors (Lipinski definition) is 2. The van der Waals surface area contributed by atoms with E-state index in [1.54, 1.807) is 0 Å². The van der Waals surface area contributed by atoms with Crippen molar-refractivity contribution in [3.05, 3.63) is 35.4 Å². The highest BCUT2D eigenvalue weighted by Crippen LogP contribution is 2.28. The van der Waals surface area contributed by atoms with E-state index in [4.69, 9.17) is 0 Å². The molecule has 1 aliphatic rings. The van der Waals surface area contributed by atoms with Crippen molar-refractivity contribution in [1.29, 1.82) is 0 Å². The van der Waals surface area contributed by atoms with Crippen LogP contribution in [0.5, 0.6) is 0 Å². The molecule has 0 amide bonds. The lowest BCUT2D eigenvalue weighted by atomic mass is 9.81. The van der Waals surface area contributed by atoms with E-state index in [9.17, 15) is 9.90 Å². The Morgan fingerprint density at radius 3 is 2.39 bits per heavy atom. The Morgan fingerprint density at radius 1 is 1.22 bits per heavy atom. The van der Waals surface area contributed by atoms with Gasteiger partial charge in [-0.05, 0) is 25.3 Å². The molecule has 0 heterocycles. The van der Waals surface area contributed by atoms with Gasteiger partial charge in [-0.1, -0.05) is 49.1 Å². The van der Waals surface area contributed by atoms with Gasteiger partial charge in [-0.15, -0.1) is 0 Å². The number of hydrogen-bond donors (Lipinski definition) is 2. The number of carboxylic acids is 1. The van der Waals surface area contributed by atoms with Gasteiger partial charge in [0.25, 0.3) is 0 Å². The lowest BCUT2D eigenvalue weighted by Gasteiger charge is -2.34. The van der Waals surface area contributed by atoms with E-state index >= 15 is 0 Å². The van der Waals surface area contributed by atoms with Gasteiger partial charge < -0.3 is 5.11 Å². The molecule has 0 unspecified atom stereocenters. The smallest absolute Gasteiger partial charge is 0.323 e. The SMILES string of the molecule is Cc1ccc(CNC2(C(=O)O)CCCCC2)cc1. The molecule has 3 nitrogen and oxygen atoms in total. The summed E-state index contributed by atoms with van der Waals surface area (Å²) in [4.78, 5) is 11.5. The zero-order valence-corrected chi connectivity index (χ0v) is 10.9. The first-order valence-corrected chi connectivity index (χ1v) is 6.66. The number of benzene rings is 1. The number of aryl methyl sites for hydroxylation is 1. The predicted octanol–water partition coefficient (Wildman–Crippen LogP) is 2.87. The lowest BCUT2D eigenvalue weighted by molar-refractivity contribution is -0.146. The van der Waals surface area contributed by atoms with Gasteiger partial charge in [0, 0.05) is 6.54 Å². The van der Waals surface area contributed by atoms with Crippen LogP contribution in [-0.2, 0) is 11.3 Å². The average molecular weight is 247 g/mol. The summed E-state index contributed by atoms with van der Waals surface area (Å²) in [5.41, 5.74) is 1.67. The minimum atomic E-state index is -0.705. The van der Waals surface area contributed by atoms with E-state index in [1.807, 2.05) is 0 Å². The van der Waals surface area contributed by atoms with Crippen molar-refractivity contribution in [2.24, 2.45) is 0 Å². The number of rotatable bonds is 4. The second kappa shape index (κ2) is 5.53. The lowest BCUT2D eigenvalue weighted by Crippen LogP contribution is -2.52. The second-order valence-electron chi connectivity index (χ2n) is 5.29. The summed E-state index contributed by atoms with van der Waals surface area (Å²) in [6.07, 6.45) is 4.66. The Balaban J connectivity index is 2.01. The first kappa shape index (κ1) is 13.1. The largest absolute Gasteiger partial charge is 0.480 e. The van der Waals surface area contributed by atoms with Crippen molar-refractivity contribution < 1.29 is 9.90 Å². The predicted molar refractivity (Wildman–Crippen MR) is 71.5 cm³/mol. The van der Waals surface area contributed by atoms with Gasteiger partial charge in [0.2, 0.25) is 0 Å². The molecule has 1 aliphatic carbocycles. The van der Waals surface area contributed by atoms with E-state index in [0.717, 1.165) is 37.7 Å². The topological polar surface area (TPSA) is 49.3 Å². The van der Waals surface area contributed by atoms with Crippen LogP contribution in [0.1, 0.15) is 43.2 Å². The van der Waals surface area contributed by atoms with E-state index in [2.05, 4.69) is 36.5 Å². The van der Waals surface area contributed by atoms with E-state index in [1.165, 1.54) is 5.56 Å². The number of carboxylic acid groups (broad SMARTS) is 1. The van der Waals surface area contributed by atoms with Crippen LogP contribution in [-0.4, -0.2) is 16.6 Å². The van der Waals surface area contributed by atoms with Gasteiger partial charge in [-0.3, -0.25) is 10.1 Å². The van der Waals surface area contributed by atoms with Gasteiger partial charge in [-0.2, -0.15) is 0 Å². The minimum absolute atomic E-state index is 0.632. The van der Waals surface area contributed by atoms with Crippen molar-refractivity contribution in [2.75, 3.05) is 0 Å². The van der Waals surface area contributed by atoms with Crippen molar-refractivity contribution >= 4 is 5.97 Å². The molecule has 1 aromatic carbocycles. The summed E-state index contributed by atoms with van der Waals surface area (Å²) < 4.78 is 0. The van der Waals surface area contributed by atoms with Gasteiger partial charge in [0.15, 0.2) is 0 Å². The van der Waals surface area contributed by atoms with E-state index in [0.29, 0.717) is 6.54 Å². The van der Waals surface area contributed by atoms with Crippen molar-refractivity contribution in [1.82, 2.24) is 5.32 Å². The summed E-state index contributed by atoms with van der Waals surface area (Å²) in [5.74, 6) is -0.700. The molecular formula is C15H21NO2. The molecule has 0 spiro atoms. The Morgan fingerprint density at radius 2 is 1.83 bits per heavy atom. The molecule has 1 fully saturated rings. The average Bonchev–Trinajstić information content (AvgIpc) is 2.39. The zero-order chi connectivity index (χ0) is 13.0. The van der Waals surface area contributed by atoms with Gasteiger partial charge >= 0.3 is 5.97 Å². The normalized spacial score (nSPS) is 18.5. The summed E-state index contributed by atoms with van der Waals surface area (Å²) >= 11 is 0. The maximum atomic E-state index is 11.5. The molecule has 0 saturated heterocycles. The van der Waals surface area contributed by atoms with Gasteiger partial charge in [-0.25, -0.2) is 0 Å². The highest BCUT2D eigenvalue weighted by atomic mass is 16.4. The molecule has 2 rings (SSSR count). The van der Waals surface area contributed by atoms with E-state index < -0.39 is 11.5 Å². The third-order valence-corrected chi connectivity index (χ3v) is 3.87. The van der Waals surface area contributed by atoms with Crippen molar-refractivity contribution in [2.45, 2.75) is 51.1 Å². The second-order valence-corrected chi connectivity index (χ2v) is 5.29. The minimum Gasteiger partial charge on any atom is -0.480 e. The van der Waals surface area contributed by atoms with Gasteiger partial charge in [0.05, 0.1) is 0 Å². The van der Waals surface area contributed by atoms with Crippen LogP contribution < -0.4 is 5.32 Å². The summed E-state index contributed by atoms with van der Waals surface area (Å²) in [6.45, 7) is 2.68. The number of aliphatic carboxylic acids is 1. The first-order valence-electron chi connectivity index (χ1n) is 6.66. The fraction of sp³-hybridized carbons (Fsp3) is 0.533. The number of carbonyl (C=O) groups is 1. The fourth-order valence-electron chi connectivity index (χ4n) is 2.60. The standard InChI is InChI=1S/C15H21NO2/c1-12-5-7-13(8-6-12)11-16-15(14(17)18)9-3-2-4-10-15/h5-8,16H,2-4,9-11H2,1H3,(H,17,18). The van der Waals surface area contributed by atoms with Gasteiger partial charge in [0.1, 0.15) is 5.54 Å². The molecule has 2 N–H and O–H groups in total. The maximum absolute atomic E-state index is 11.5. The van der Waals surface area contributed by atoms with Crippen molar-refractivity contribution in [3.8, 4) is 0 Å². The zero-order valence-electron chi connectivity index (χ0n) is 10.9. The molecule has 0 aromatic heterocycles. The highest BCUT2D eigenvalue weighted by Gasteiger charge is 2.38. The monoisotopic (exact) mass is 247 g/mol. The first-order chi connectivity index (χ1) is 8.62. The summed E-state index contributed by atoms with van der Waals surface area (Å²) in [5, 5.41) is 12.7. The van der Waals surface area contributed by atoms with Crippen molar-refractivity contribution in [3.63, 3.8) is 0 Å². The highest BCUT2D eigenvalue weighted by molar-refractivity contribution is 5.78. The molecule has 98 valence electrons. The Kier molecular flexibility index (Phi) is 4.02. The molecule has 1 aromatic rings.